The highest BCUT2D eigenvalue weighted by Gasteiger charge is 2.13. The summed E-state index contributed by atoms with van der Waals surface area (Å²) in [5.74, 6) is 1.59. The second kappa shape index (κ2) is 6.87. The summed E-state index contributed by atoms with van der Waals surface area (Å²) in [6.45, 7) is 7.81. The maximum atomic E-state index is 5.83. The van der Waals surface area contributed by atoms with Gasteiger partial charge in [-0.3, -0.25) is 0 Å². The van der Waals surface area contributed by atoms with E-state index in [1.165, 1.54) is 0 Å². The summed E-state index contributed by atoms with van der Waals surface area (Å²) in [5, 5.41) is 3.30. The number of ether oxygens (including phenoxy) is 2. The largest absolute Gasteiger partial charge is 0.493 e. The van der Waals surface area contributed by atoms with Gasteiger partial charge in [-0.2, -0.15) is 0 Å². The zero-order valence-corrected chi connectivity index (χ0v) is 12.4. The van der Waals surface area contributed by atoms with Crippen molar-refractivity contribution in [3.8, 4) is 11.5 Å². The van der Waals surface area contributed by atoms with Crippen LogP contribution in [0, 0.1) is 0 Å². The van der Waals surface area contributed by atoms with Gasteiger partial charge in [0.15, 0.2) is 11.5 Å². The number of benzene rings is 1. The van der Waals surface area contributed by atoms with E-state index in [0.29, 0.717) is 0 Å². The Labute approximate surface area is 112 Å². The first-order valence-electron chi connectivity index (χ1n) is 5.82. The molecular weight excluding hydrogens is 282 g/mol. The van der Waals surface area contributed by atoms with Crippen LogP contribution in [0.15, 0.2) is 16.6 Å². The zero-order valence-electron chi connectivity index (χ0n) is 10.8. The Kier molecular flexibility index (Phi) is 5.78. The summed E-state index contributed by atoms with van der Waals surface area (Å²) in [6.07, 6.45) is 0.130. The number of methoxy groups -OCH3 is 1. The fraction of sp³-hybridized carbons (Fsp3) is 0.538. The van der Waals surface area contributed by atoms with Crippen LogP contribution in [0.4, 0.5) is 0 Å². The van der Waals surface area contributed by atoms with E-state index >= 15 is 0 Å². The van der Waals surface area contributed by atoms with E-state index in [-0.39, 0.29) is 6.10 Å². The van der Waals surface area contributed by atoms with Gasteiger partial charge in [0, 0.05) is 16.6 Å². The van der Waals surface area contributed by atoms with Crippen molar-refractivity contribution >= 4 is 15.9 Å². The van der Waals surface area contributed by atoms with Gasteiger partial charge in [-0.25, -0.2) is 0 Å². The van der Waals surface area contributed by atoms with Crippen molar-refractivity contribution in [2.24, 2.45) is 0 Å². The molecule has 0 heterocycles. The van der Waals surface area contributed by atoms with E-state index in [9.17, 15) is 0 Å². The van der Waals surface area contributed by atoms with Crippen molar-refractivity contribution in [2.45, 2.75) is 33.4 Å². The van der Waals surface area contributed by atoms with E-state index in [4.69, 9.17) is 9.47 Å². The number of halogens is 1. The number of hydrogen-bond acceptors (Lipinski definition) is 3. The van der Waals surface area contributed by atoms with Crippen LogP contribution in [0.2, 0.25) is 0 Å². The average molecular weight is 302 g/mol. The van der Waals surface area contributed by atoms with Gasteiger partial charge < -0.3 is 14.8 Å². The summed E-state index contributed by atoms with van der Waals surface area (Å²) in [6, 6.07) is 3.98. The molecule has 1 rings (SSSR count). The molecule has 1 aromatic rings. The number of nitrogens with one attached hydrogen (secondary N) is 1. The lowest BCUT2D eigenvalue weighted by Gasteiger charge is -2.18. The summed E-state index contributed by atoms with van der Waals surface area (Å²) in [4.78, 5) is 0. The Hall–Kier alpha value is -0.740. The zero-order chi connectivity index (χ0) is 12.8. The topological polar surface area (TPSA) is 30.5 Å². The summed E-state index contributed by atoms with van der Waals surface area (Å²) in [5.41, 5.74) is 1.10. The Balaban J connectivity index is 3.08. The van der Waals surface area contributed by atoms with E-state index in [1.807, 2.05) is 19.9 Å². The second-order valence-electron chi connectivity index (χ2n) is 4.04. The van der Waals surface area contributed by atoms with E-state index in [1.54, 1.807) is 7.11 Å². The molecule has 1 N–H and O–H groups in total. The fourth-order valence-electron chi connectivity index (χ4n) is 1.53. The molecule has 96 valence electrons. The van der Waals surface area contributed by atoms with Crippen molar-refractivity contribution in [3.05, 3.63) is 22.2 Å². The molecule has 0 aliphatic carbocycles. The Morgan fingerprint density at radius 3 is 2.59 bits per heavy atom. The molecule has 0 saturated heterocycles. The van der Waals surface area contributed by atoms with Gasteiger partial charge in [-0.1, -0.05) is 22.9 Å². The Bertz CT molecular complexity index is 367. The molecule has 0 spiro atoms. The van der Waals surface area contributed by atoms with Crippen molar-refractivity contribution in [3.63, 3.8) is 0 Å². The first kappa shape index (κ1) is 14.3. The molecule has 0 amide bonds. The molecule has 4 heteroatoms. The first-order chi connectivity index (χ1) is 8.08. The quantitative estimate of drug-likeness (QED) is 0.874. The van der Waals surface area contributed by atoms with E-state index < -0.39 is 0 Å². The van der Waals surface area contributed by atoms with Gasteiger partial charge in [0.05, 0.1) is 13.2 Å². The minimum Gasteiger partial charge on any atom is -0.493 e. The molecule has 0 aliphatic heterocycles. The third kappa shape index (κ3) is 4.21. The molecular formula is C13H20BrNO2. The van der Waals surface area contributed by atoms with E-state index in [0.717, 1.165) is 34.6 Å². The highest BCUT2D eigenvalue weighted by molar-refractivity contribution is 9.10. The minimum absolute atomic E-state index is 0.130. The lowest BCUT2D eigenvalue weighted by Crippen LogP contribution is -2.15. The maximum Gasteiger partial charge on any atom is 0.166 e. The predicted molar refractivity (Wildman–Crippen MR) is 73.8 cm³/mol. The van der Waals surface area contributed by atoms with Crippen LogP contribution in [0.25, 0.3) is 0 Å². The minimum atomic E-state index is 0.130. The third-order valence-corrected chi connectivity index (χ3v) is 2.69. The predicted octanol–water partition coefficient (Wildman–Crippen LogP) is 3.35. The summed E-state index contributed by atoms with van der Waals surface area (Å²) >= 11 is 3.48. The molecule has 17 heavy (non-hydrogen) atoms. The third-order valence-electron chi connectivity index (χ3n) is 2.24. The lowest BCUT2D eigenvalue weighted by molar-refractivity contribution is 0.227. The standard InChI is InChI=1S/C13H20BrNO2/c1-5-15-8-10-6-11(14)7-12(16-4)13(10)17-9(2)3/h6-7,9,15H,5,8H2,1-4H3. The molecule has 0 radical (unpaired) electrons. The fourth-order valence-corrected chi connectivity index (χ4v) is 2.02. The monoisotopic (exact) mass is 301 g/mol. The molecule has 0 unspecified atom stereocenters. The first-order valence-corrected chi connectivity index (χ1v) is 6.61. The van der Waals surface area contributed by atoms with Gasteiger partial charge in [0.1, 0.15) is 0 Å². The van der Waals surface area contributed by atoms with Crippen LogP contribution in [0.1, 0.15) is 26.3 Å². The Morgan fingerprint density at radius 1 is 1.35 bits per heavy atom. The van der Waals surface area contributed by atoms with Gasteiger partial charge in [-0.15, -0.1) is 0 Å². The smallest absolute Gasteiger partial charge is 0.166 e. The van der Waals surface area contributed by atoms with Crippen LogP contribution in [-0.4, -0.2) is 19.8 Å². The maximum absolute atomic E-state index is 5.83. The van der Waals surface area contributed by atoms with Crippen LogP contribution in [0.5, 0.6) is 11.5 Å². The normalized spacial score (nSPS) is 10.7. The van der Waals surface area contributed by atoms with Crippen LogP contribution in [-0.2, 0) is 6.54 Å². The van der Waals surface area contributed by atoms with Crippen LogP contribution >= 0.6 is 15.9 Å². The van der Waals surface area contributed by atoms with E-state index in [2.05, 4.69) is 34.2 Å². The lowest BCUT2D eigenvalue weighted by atomic mass is 10.1. The highest BCUT2D eigenvalue weighted by Crippen LogP contribution is 2.35. The van der Waals surface area contributed by atoms with Gasteiger partial charge in [0.2, 0.25) is 0 Å². The molecule has 0 saturated carbocycles. The molecule has 3 nitrogen and oxygen atoms in total. The highest BCUT2D eigenvalue weighted by atomic mass is 79.9. The number of rotatable bonds is 6. The summed E-state index contributed by atoms with van der Waals surface area (Å²) in [7, 11) is 1.66. The average Bonchev–Trinajstić information content (AvgIpc) is 2.28. The van der Waals surface area contributed by atoms with Crippen molar-refractivity contribution in [2.75, 3.05) is 13.7 Å². The molecule has 0 aliphatic rings. The van der Waals surface area contributed by atoms with Gasteiger partial charge >= 0.3 is 0 Å². The van der Waals surface area contributed by atoms with Crippen molar-refractivity contribution in [1.29, 1.82) is 0 Å². The summed E-state index contributed by atoms with van der Waals surface area (Å²) < 4.78 is 12.2. The number of hydrogen-bond donors (Lipinski definition) is 1. The Morgan fingerprint density at radius 2 is 2.06 bits per heavy atom. The SMILES string of the molecule is CCNCc1cc(Br)cc(OC)c1OC(C)C. The van der Waals surface area contributed by atoms with Crippen LogP contribution < -0.4 is 14.8 Å². The second-order valence-corrected chi connectivity index (χ2v) is 4.96. The van der Waals surface area contributed by atoms with Gasteiger partial charge in [0.25, 0.3) is 0 Å². The molecule has 0 aromatic heterocycles. The molecule has 1 aromatic carbocycles. The molecule has 0 atom stereocenters. The van der Waals surface area contributed by atoms with Crippen molar-refractivity contribution in [1.82, 2.24) is 5.32 Å². The van der Waals surface area contributed by atoms with Crippen LogP contribution in [0.3, 0.4) is 0 Å². The van der Waals surface area contributed by atoms with Crippen molar-refractivity contribution < 1.29 is 9.47 Å². The molecule has 0 bridgehead atoms. The molecule has 0 fully saturated rings. The van der Waals surface area contributed by atoms with Gasteiger partial charge in [-0.05, 0) is 32.5 Å².